The summed E-state index contributed by atoms with van der Waals surface area (Å²) in [5.74, 6) is 0.0738. The number of hydrogen-bond donors (Lipinski definition) is 0. The molecular weight excluding hydrogens is 241 g/mol. The molecule has 0 bridgehead atoms. The molecule has 2 nitrogen and oxygen atoms in total. The molecule has 19 heavy (non-hydrogen) atoms. The SMILES string of the molecule is CCCN(C(=O)CC)[C@@H]1CCc2cc(F)ccc2C1. The second-order valence-electron chi connectivity index (χ2n) is 5.25. The fourth-order valence-electron chi connectivity index (χ4n) is 2.93. The number of rotatable bonds is 4. The normalized spacial score (nSPS) is 17.9. The minimum Gasteiger partial charge on any atom is -0.339 e. The van der Waals surface area contributed by atoms with Crippen LogP contribution in [0.25, 0.3) is 0 Å². The van der Waals surface area contributed by atoms with Crippen molar-refractivity contribution in [2.24, 2.45) is 0 Å². The van der Waals surface area contributed by atoms with Gasteiger partial charge in [0.1, 0.15) is 5.82 Å². The highest BCUT2D eigenvalue weighted by atomic mass is 19.1. The lowest BCUT2D eigenvalue weighted by atomic mass is 9.87. The molecule has 0 aromatic heterocycles. The van der Waals surface area contributed by atoms with E-state index in [1.54, 1.807) is 6.07 Å². The van der Waals surface area contributed by atoms with Gasteiger partial charge in [-0.05, 0) is 48.9 Å². The second kappa shape index (κ2) is 6.18. The van der Waals surface area contributed by atoms with Crippen LogP contribution in [-0.2, 0) is 17.6 Å². The largest absolute Gasteiger partial charge is 0.339 e. The highest BCUT2D eigenvalue weighted by Gasteiger charge is 2.26. The van der Waals surface area contributed by atoms with Gasteiger partial charge in [0.15, 0.2) is 0 Å². The average molecular weight is 263 g/mol. The van der Waals surface area contributed by atoms with Gasteiger partial charge < -0.3 is 4.90 Å². The van der Waals surface area contributed by atoms with Crippen LogP contribution >= 0.6 is 0 Å². The van der Waals surface area contributed by atoms with Gasteiger partial charge in [-0.15, -0.1) is 0 Å². The number of benzene rings is 1. The highest BCUT2D eigenvalue weighted by molar-refractivity contribution is 5.76. The molecule has 104 valence electrons. The van der Waals surface area contributed by atoms with Crippen molar-refractivity contribution in [2.75, 3.05) is 6.54 Å². The van der Waals surface area contributed by atoms with Crippen LogP contribution in [0.15, 0.2) is 18.2 Å². The number of nitrogens with zero attached hydrogens (tertiary/aromatic N) is 1. The molecule has 0 aliphatic heterocycles. The van der Waals surface area contributed by atoms with Gasteiger partial charge in [-0.3, -0.25) is 4.79 Å². The van der Waals surface area contributed by atoms with Crippen molar-refractivity contribution in [3.63, 3.8) is 0 Å². The number of fused-ring (bicyclic) bond motifs is 1. The standard InChI is InChI=1S/C16H22FNO/c1-3-9-18(16(19)4-2)15-8-6-12-10-14(17)7-5-13(12)11-15/h5,7,10,15H,3-4,6,8-9,11H2,1-2H3/t15-/m1/s1. The third-order valence-corrected chi connectivity index (χ3v) is 3.90. The predicted octanol–water partition coefficient (Wildman–Crippen LogP) is 3.33. The molecular formula is C16H22FNO. The van der Waals surface area contributed by atoms with E-state index in [-0.39, 0.29) is 17.8 Å². The van der Waals surface area contributed by atoms with E-state index in [0.29, 0.717) is 6.42 Å². The summed E-state index contributed by atoms with van der Waals surface area (Å²) in [6, 6.07) is 5.31. The van der Waals surface area contributed by atoms with Crippen LogP contribution in [0, 0.1) is 5.82 Å². The zero-order valence-electron chi connectivity index (χ0n) is 11.8. The lowest BCUT2D eigenvalue weighted by molar-refractivity contribution is -0.133. The van der Waals surface area contributed by atoms with Crippen molar-refractivity contribution in [3.05, 3.63) is 35.1 Å². The maximum atomic E-state index is 13.2. The number of amides is 1. The van der Waals surface area contributed by atoms with Gasteiger partial charge in [0.05, 0.1) is 0 Å². The van der Waals surface area contributed by atoms with Gasteiger partial charge in [0, 0.05) is 19.0 Å². The lowest BCUT2D eigenvalue weighted by Crippen LogP contribution is -2.43. The molecule has 1 amide bonds. The van der Waals surface area contributed by atoms with Gasteiger partial charge in [-0.25, -0.2) is 4.39 Å². The minimum atomic E-state index is -0.160. The Balaban J connectivity index is 2.15. The first-order chi connectivity index (χ1) is 9.15. The Morgan fingerprint density at radius 1 is 1.37 bits per heavy atom. The quantitative estimate of drug-likeness (QED) is 0.816. The molecule has 0 saturated heterocycles. The maximum absolute atomic E-state index is 13.2. The minimum absolute atomic E-state index is 0.160. The summed E-state index contributed by atoms with van der Waals surface area (Å²) in [7, 11) is 0. The molecule has 3 heteroatoms. The molecule has 1 aliphatic rings. The molecule has 1 aliphatic carbocycles. The lowest BCUT2D eigenvalue weighted by Gasteiger charge is -2.35. The topological polar surface area (TPSA) is 20.3 Å². The Labute approximate surface area is 114 Å². The van der Waals surface area contributed by atoms with Crippen molar-refractivity contribution in [2.45, 2.75) is 52.0 Å². The number of carbonyl (C=O) groups is 1. The van der Waals surface area contributed by atoms with Crippen molar-refractivity contribution in [1.29, 1.82) is 0 Å². The van der Waals surface area contributed by atoms with Crippen LogP contribution in [0.4, 0.5) is 4.39 Å². The predicted molar refractivity (Wildman–Crippen MR) is 74.5 cm³/mol. The van der Waals surface area contributed by atoms with E-state index in [4.69, 9.17) is 0 Å². The molecule has 2 rings (SSSR count). The van der Waals surface area contributed by atoms with Crippen LogP contribution in [0.5, 0.6) is 0 Å². The van der Waals surface area contributed by atoms with E-state index in [1.807, 2.05) is 17.9 Å². The first-order valence-electron chi connectivity index (χ1n) is 7.22. The van der Waals surface area contributed by atoms with Gasteiger partial charge >= 0.3 is 0 Å². The molecule has 0 heterocycles. The van der Waals surface area contributed by atoms with E-state index >= 15 is 0 Å². The van der Waals surface area contributed by atoms with E-state index in [1.165, 1.54) is 11.6 Å². The Morgan fingerprint density at radius 3 is 2.84 bits per heavy atom. The summed E-state index contributed by atoms with van der Waals surface area (Å²) < 4.78 is 13.2. The van der Waals surface area contributed by atoms with Crippen molar-refractivity contribution in [3.8, 4) is 0 Å². The summed E-state index contributed by atoms with van der Waals surface area (Å²) >= 11 is 0. The third-order valence-electron chi connectivity index (χ3n) is 3.90. The fourth-order valence-corrected chi connectivity index (χ4v) is 2.93. The smallest absolute Gasteiger partial charge is 0.222 e. The molecule has 0 unspecified atom stereocenters. The van der Waals surface area contributed by atoms with Crippen molar-refractivity contribution in [1.82, 2.24) is 4.90 Å². The zero-order valence-corrected chi connectivity index (χ0v) is 11.8. The number of halogens is 1. The summed E-state index contributed by atoms with van der Waals surface area (Å²) in [6.07, 6.45) is 4.23. The molecule has 1 aromatic rings. The summed E-state index contributed by atoms with van der Waals surface area (Å²) in [4.78, 5) is 14.1. The van der Waals surface area contributed by atoms with Crippen LogP contribution in [0.2, 0.25) is 0 Å². The first kappa shape index (κ1) is 14.0. The molecule has 0 spiro atoms. The number of carbonyl (C=O) groups excluding carboxylic acids is 1. The van der Waals surface area contributed by atoms with E-state index in [2.05, 4.69) is 6.92 Å². The molecule has 0 fully saturated rings. The summed E-state index contributed by atoms with van der Waals surface area (Å²) in [5.41, 5.74) is 2.30. The summed E-state index contributed by atoms with van der Waals surface area (Å²) in [5, 5.41) is 0. The number of hydrogen-bond acceptors (Lipinski definition) is 1. The third kappa shape index (κ3) is 3.14. The van der Waals surface area contributed by atoms with E-state index < -0.39 is 0 Å². The van der Waals surface area contributed by atoms with Crippen LogP contribution in [-0.4, -0.2) is 23.4 Å². The molecule has 1 atom stereocenters. The number of aryl methyl sites for hydroxylation is 1. The van der Waals surface area contributed by atoms with Gasteiger partial charge in [0.25, 0.3) is 0 Å². The zero-order chi connectivity index (χ0) is 13.8. The van der Waals surface area contributed by atoms with Crippen LogP contribution in [0.1, 0.15) is 44.2 Å². The Hall–Kier alpha value is -1.38. The average Bonchev–Trinajstić information content (AvgIpc) is 2.43. The van der Waals surface area contributed by atoms with Gasteiger partial charge in [-0.1, -0.05) is 19.9 Å². The monoisotopic (exact) mass is 263 g/mol. The van der Waals surface area contributed by atoms with Crippen molar-refractivity contribution >= 4 is 5.91 Å². The molecule has 0 radical (unpaired) electrons. The highest BCUT2D eigenvalue weighted by Crippen LogP contribution is 2.26. The fraction of sp³-hybridized carbons (Fsp3) is 0.562. The van der Waals surface area contributed by atoms with Gasteiger partial charge in [-0.2, -0.15) is 0 Å². The molecule has 0 saturated carbocycles. The first-order valence-corrected chi connectivity index (χ1v) is 7.22. The second-order valence-corrected chi connectivity index (χ2v) is 5.25. The van der Waals surface area contributed by atoms with E-state index in [0.717, 1.165) is 37.8 Å². The van der Waals surface area contributed by atoms with Crippen LogP contribution in [0.3, 0.4) is 0 Å². The maximum Gasteiger partial charge on any atom is 0.222 e. The Bertz CT molecular complexity index is 458. The van der Waals surface area contributed by atoms with Crippen molar-refractivity contribution < 1.29 is 9.18 Å². The van der Waals surface area contributed by atoms with Crippen LogP contribution < -0.4 is 0 Å². The Kier molecular flexibility index (Phi) is 4.56. The molecule has 1 aromatic carbocycles. The van der Waals surface area contributed by atoms with Gasteiger partial charge in [0.2, 0.25) is 5.91 Å². The Morgan fingerprint density at radius 2 is 2.16 bits per heavy atom. The molecule has 0 N–H and O–H groups in total. The van der Waals surface area contributed by atoms with E-state index in [9.17, 15) is 9.18 Å². The summed E-state index contributed by atoms with van der Waals surface area (Å²) in [6.45, 7) is 4.84.